The summed E-state index contributed by atoms with van der Waals surface area (Å²) in [5.74, 6) is 0. The molecule has 0 atom stereocenters. The van der Waals surface area contributed by atoms with Crippen molar-refractivity contribution in [3.63, 3.8) is 0 Å². The summed E-state index contributed by atoms with van der Waals surface area (Å²) in [7, 11) is 0. The summed E-state index contributed by atoms with van der Waals surface area (Å²) >= 11 is 1.91. The number of nitrogens with zero attached hydrogens (tertiary/aromatic N) is 2. The molecule has 4 heterocycles. The minimum atomic E-state index is 0.172. The molecule has 0 saturated carbocycles. The Morgan fingerprint density at radius 1 is 0.568 bits per heavy atom. The first-order valence-electron chi connectivity index (χ1n) is 15.1. The zero-order valence-electron chi connectivity index (χ0n) is 23.8. The maximum absolute atomic E-state index is 2.58. The fourth-order valence-corrected chi connectivity index (χ4v) is 8.82. The van der Waals surface area contributed by atoms with E-state index >= 15 is 0 Å². The van der Waals surface area contributed by atoms with Crippen molar-refractivity contribution in [2.24, 2.45) is 0 Å². The van der Waals surface area contributed by atoms with Crippen LogP contribution in [0.2, 0.25) is 0 Å². The van der Waals surface area contributed by atoms with Gasteiger partial charge in [-0.15, -0.1) is 0 Å². The lowest BCUT2D eigenvalue weighted by molar-refractivity contribution is 1.08. The maximum atomic E-state index is 2.58. The number of rotatable bonds is 3. The minimum Gasteiger partial charge on any atom is -0.316 e. The van der Waals surface area contributed by atoms with E-state index in [1.54, 1.807) is 0 Å². The molecule has 10 rings (SSSR count). The fourth-order valence-electron chi connectivity index (χ4n) is 7.62. The van der Waals surface area contributed by atoms with E-state index in [0.717, 1.165) is 0 Å². The summed E-state index contributed by atoms with van der Waals surface area (Å²) in [5.41, 5.74) is 14.2. The second-order valence-corrected chi connectivity index (χ2v) is 12.8. The van der Waals surface area contributed by atoms with Gasteiger partial charge in [0.25, 0.3) is 0 Å². The third-order valence-electron chi connectivity index (χ3n) is 9.40. The van der Waals surface area contributed by atoms with E-state index in [2.05, 4.69) is 161 Å². The van der Waals surface area contributed by atoms with Crippen molar-refractivity contribution < 1.29 is 0 Å². The second kappa shape index (κ2) is 9.16. The number of fused-ring (bicyclic) bond motifs is 5. The van der Waals surface area contributed by atoms with Crippen LogP contribution >= 0.6 is 11.8 Å². The molecule has 2 aliphatic heterocycles. The standard InChI is InChI=1S/C40H25BN2S/c1-3-13-27(14-4-1)37-30-17-11-19-32-40(30)43(39(37)28-15-5-2-6-16-28)34-24-29(42-23-22-26-12-7-9-20-33(26)42)25-36-38(34)41(32)31-18-8-10-21-35(31)44-36/h1-25H. The van der Waals surface area contributed by atoms with E-state index in [1.165, 1.54) is 81.7 Å². The monoisotopic (exact) mass is 576 g/mol. The summed E-state index contributed by atoms with van der Waals surface area (Å²) < 4.78 is 4.94. The van der Waals surface area contributed by atoms with Gasteiger partial charge in [-0.05, 0) is 57.8 Å². The molecule has 0 unspecified atom stereocenters. The van der Waals surface area contributed by atoms with Crippen LogP contribution in [0, 0.1) is 0 Å². The Hall–Kier alpha value is -5.19. The molecule has 0 radical (unpaired) electrons. The Morgan fingerprint density at radius 3 is 2.16 bits per heavy atom. The molecule has 0 saturated heterocycles. The van der Waals surface area contributed by atoms with E-state index in [4.69, 9.17) is 0 Å². The van der Waals surface area contributed by atoms with E-state index in [0.29, 0.717) is 0 Å². The van der Waals surface area contributed by atoms with E-state index in [-0.39, 0.29) is 6.71 Å². The average Bonchev–Trinajstić information content (AvgIpc) is 3.68. The molecule has 0 N–H and O–H groups in total. The smallest absolute Gasteiger partial charge is 0.249 e. The van der Waals surface area contributed by atoms with E-state index < -0.39 is 0 Å². The molecule has 6 aromatic carbocycles. The first-order valence-corrected chi connectivity index (χ1v) is 16.0. The molecule has 2 aliphatic rings. The SMILES string of the molecule is c1ccc(-c2c(-c3ccccc3)n3c4c(cccc24)B2c4ccccc4Sc4cc(-n5ccc6ccccc65)cc-3c42)cc1. The van der Waals surface area contributed by atoms with Crippen LogP contribution in [-0.4, -0.2) is 15.8 Å². The quantitative estimate of drug-likeness (QED) is 0.193. The van der Waals surface area contributed by atoms with Gasteiger partial charge < -0.3 is 9.13 Å². The number of hydrogen-bond acceptors (Lipinski definition) is 1. The summed E-state index contributed by atoms with van der Waals surface area (Å²) in [4.78, 5) is 2.67. The molecule has 0 amide bonds. The Balaban J connectivity index is 1.40. The lowest BCUT2D eigenvalue weighted by Crippen LogP contribution is -2.58. The van der Waals surface area contributed by atoms with Gasteiger partial charge in [0.15, 0.2) is 0 Å². The van der Waals surface area contributed by atoms with Crippen LogP contribution in [0.3, 0.4) is 0 Å². The van der Waals surface area contributed by atoms with Crippen LogP contribution in [0.25, 0.3) is 55.6 Å². The molecule has 8 aromatic rings. The fraction of sp³-hybridized carbons (Fsp3) is 0. The number of hydrogen-bond donors (Lipinski definition) is 0. The maximum Gasteiger partial charge on any atom is 0.249 e. The van der Waals surface area contributed by atoms with Crippen LogP contribution in [0.5, 0.6) is 0 Å². The van der Waals surface area contributed by atoms with Crippen LogP contribution in [0.4, 0.5) is 0 Å². The molecule has 4 heteroatoms. The van der Waals surface area contributed by atoms with Crippen LogP contribution in [0.15, 0.2) is 162 Å². The normalized spacial score (nSPS) is 12.9. The Labute approximate surface area is 260 Å². The van der Waals surface area contributed by atoms with Gasteiger partial charge >= 0.3 is 0 Å². The van der Waals surface area contributed by atoms with Crippen molar-refractivity contribution in [1.29, 1.82) is 0 Å². The van der Waals surface area contributed by atoms with Crippen molar-refractivity contribution in [3.05, 3.63) is 152 Å². The molecular formula is C40H25BN2S. The second-order valence-electron chi connectivity index (χ2n) is 11.7. The molecule has 2 aromatic heterocycles. The Morgan fingerprint density at radius 2 is 1.30 bits per heavy atom. The largest absolute Gasteiger partial charge is 0.316 e. The van der Waals surface area contributed by atoms with Gasteiger partial charge in [0.2, 0.25) is 6.71 Å². The van der Waals surface area contributed by atoms with Crippen LogP contribution in [0.1, 0.15) is 0 Å². The number of aromatic nitrogens is 2. The predicted octanol–water partition coefficient (Wildman–Crippen LogP) is 8.20. The van der Waals surface area contributed by atoms with Crippen LogP contribution < -0.4 is 16.4 Å². The highest BCUT2D eigenvalue weighted by molar-refractivity contribution is 8.00. The lowest BCUT2D eigenvalue weighted by Gasteiger charge is -2.34. The third kappa shape index (κ3) is 3.29. The predicted molar refractivity (Wildman–Crippen MR) is 186 cm³/mol. The first-order chi connectivity index (χ1) is 21.8. The summed E-state index contributed by atoms with van der Waals surface area (Å²) in [5, 5.41) is 2.55. The van der Waals surface area contributed by atoms with Crippen molar-refractivity contribution in [1.82, 2.24) is 9.13 Å². The highest BCUT2D eigenvalue weighted by atomic mass is 32.2. The van der Waals surface area contributed by atoms with E-state index in [1.807, 2.05) is 11.8 Å². The topological polar surface area (TPSA) is 9.86 Å². The van der Waals surface area contributed by atoms with Gasteiger partial charge in [-0.3, -0.25) is 0 Å². The average molecular weight is 577 g/mol. The molecule has 0 fully saturated rings. The van der Waals surface area contributed by atoms with E-state index in [9.17, 15) is 0 Å². The molecule has 2 nitrogen and oxygen atoms in total. The molecule has 0 bridgehead atoms. The van der Waals surface area contributed by atoms with Gasteiger partial charge in [-0.25, -0.2) is 0 Å². The highest BCUT2D eigenvalue weighted by Crippen LogP contribution is 2.45. The number of para-hydroxylation sites is 2. The van der Waals surface area contributed by atoms with Crippen molar-refractivity contribution in [2.75, 3.05) is 0 Å². The Bertz CT molecular complexity index is 2420. The molecule has 0 spiro atoms. The van der Waals surface area contributed by atoms with Crippen molar-refractivity contribution in [2.45, 2.75) is 9.79 Å². The number of benzene rings is 6. The molecule has 204 valence electrons. The van der Waals surface area contributed by atoms with Crippen LogP contribution in [-0.2, 0) is 0 Å². The molecular weight excluding hydrogens is 551 g/mol. The van der Waals surface area contributed by atoms with Gasteiger partial charge in [-0.1, -0.05) is 132 Å². The molecule has 0 aliphatic carbocycles. The molecule has 44 heavy (non-hydrogen) atoms. The summed E-state index contributed by atoms with van der Waals surface area (Å²) in [6, 6.07) is 53.5. The lowest BCUT2D eigenvalue weighted by atomic mass is 9.35. The first kappa shape index (κ1) is 24.3. The van der Waals surface area contributed by atoms with Crippen molar-refractivity contribution >= 4 is 56.7 Å². The summed E-state index contributed by atoms with van der Waals surface area (Å²) in [6.07, 6.45) is 2.22. The van der Waals surface area contributed by atoms with Gasteiger partial charge in [0.1, 0.15) is 0 Å². The van der Waals surface area contributed by atoms with Crippen molar-refractivity contribution in [3.8, 4) is 33.8 Å². The van der Waals surface area contributed by atoms with Gasteiger partial charge in [0, 0.05) is 43.8 Å². The third-order valence-corrected chi connectivity index (χ3v) is 10.6. The minimum absolute atomic E-state index is 0.172. The van der Waals surface area contributed by atoms with Gasteiger partial charge in [0.05, 0.1) is 11.2 Å². The highest BCUT2D eigenvalue weighted by Gasteiger charge is 2.40. The zero-order valence-corrected chi connectivity index (χ0v) is 24.6. The zero-order chi connectivity index (χ0) is 28.8. The van der Waals surface area contributed by atoms with Gasteiger partial charge in [-0.2, -0.15) is 0 Å². The summed E-state index contributed by atoms with van der Waals surface area (Å²) in [6.45, 7) is 0.172. The Kier molecular flexibility index (Phi) is 5.05.